The third-order valence-electron chi connectivity index (χ3n) is 3.18. The van der Waals surface area contributed by atoms with Crippen LogP contribution < -0.4 is 0 Å². The average molecular weight is 233 g/mol. The van der Waals surface area contributed by atoms with E-state index in [9.17, 15) is 5.11 Å². The minimum absolute atomic E-state index is 0.169. The van der Waals surface area contributed by atoms with E-state index in [1.54, 1.807) is 0 Å². The highest BCUT2D eigenvalue weighted by molar-refractivity contribution is 5.34. The Morgan fingerprint density at radius 1 is 1.06 bits per heavy atom. The first kappa shape index (κ1) is 14.2. The van der Waals surface area contributed by atoms with Crippen molar-refractivity contribution in [3.8, 4) is 0 Å². The molecule has 0 aliphatic heterocycles. The van der Waals surface area contributed by atoms with Crippen LogP contribution in [0.4, 0.5) is 0 Å². The zero-order valence-corrected chi connectivity index (χ0v) is 11.6. The van der Waals surface area contributed by atoms with Crippen LogP contribution in [-0.2, 0) is 17.9 Å². The predicted molar refractivity (Wildman–Crippen MR) is 72.7 cm³/mol. The van der Waals surface area contributed by atoms with Gasteiger partial charge in [-0.05, 0) is 35.4 Å². The van der Waals surface area contributed by atoms with E-state index in [0.29, 0.717) is 0 Å². The maximum absolute atomic E-state index is 12.2. The van der Waals surface area contributed by atoms with Crippen LogP contribution in [0.25, 0.3) is 0 Å². The first-order valence-electron chi connectivity index (χ1n) is 6.87. The fourth-order valence-corrected chi connectivity index (χ4v) is 2.23. The lowest BCUT2D eigenvalue weighted by Crippen LogP contribution is -2.08. The lowest BCUT2D eigenvalue weighted by molar-refractivity contribution is 0.0480. The average Bonchev–Trinajstić information content (AvgIpc) is 2.29. The molecule has 0 aliphatic carbocycles. The van der Waals surface area contributed by atoms with Crippen LogP contribution in [0.1, 0.15) is 63.3 Å². The molecule has 1 aromatic carbocycles. The van der Waals surface area contributed by atoms with Crippen LogP contribution in [-0.4, -0.2) is 0 Å². The number of benzene rings is 1. The van der Waals surface area contributed by atoms with E-state index in [0.717, 1.165) is 31.2 Å². The monoisotopic (exact) mass is 233 g/mol. The molecule has 1 aromatic rings. The van der Waals surface area contributed by atoms with Gasteiger partial charge < -0.3 is 0 Å². The van der Waals surface area contributed by atoms with E-state index in [4.69, 9.17) is 0 Å². The van der Waals surface area contributed by atoms with Crippen LogP contribution in [0.5, 0.6) is 0 Å². The summed E-state index contributed by atoms with van der Waals surface area (Å²) in [4.78, 5) is 0. The number of rotatable bonds is 6. The van der Waals surface area contributed by atoms with Crippen molar-refractivity contribution in [1.82, 2.24) is 0 Å². The summed E-state index contributed by atoms with van der Waals surface area (Å²) >= 11 is 0. The van der Waals surface area contributed by atoms with E-state index in [1.807, 2.05) is 13.8 Å². The number of hydrogen-bond acceptors (Lipinski definition) is 0. The van der Waals surface area contributed by atoms with Gasteiger partial charge in [0.15, 0.2) is 0 Å². The van der Waals surface area contributed by atoms with E-state index < -0.39 is 6.10 Å². The smallest absolute Gasteiger partial charge is 0.120 e. The number of aryl methyl sites for hydroxylation is 2. The Morgan fingerprint density at radius 3 is 2.24 bits per heavy atom. The second kappa shape index (κ2) is 6.80. The molecule has 1 nitrogen and oxygen atoms in total. The van der Waals surface area contributed by atoms with E-state index in [2.05, 4.69) is 32.0 Å². The Morgan fingerprint density at radius 2 is 1.71 bits per heavy atom. The predicted octanol–water partition coefficient (Wildman–Crippen LogP) is 4.72. The molecule has 0 aromatic heterocycles. The second-order valence-electron chi connectivity index (χ2n) is 5.20. The van der Waals surface area contributed by atoms with Gasteiger partial charge in [0, 0.05) is 0 Å². The van der Waals surface area contributed by atoms with Crippen molar-refractivity contribution in [2.45, 2.75) is 59.5 Å². The van der Waals surface area contributed by atoms with Crippen molar-refractivity contribution in [2.24, 2.45) is 5.92 Å². The van der Waals surface area contributed by atoms with E-state index >= 15 is 0 Å². The molecule has 0 saturated heterocycles. The van der Waals surface area contributed by atoms with Gasteiger partial charge in [0.2, 0.25) is 0 Å². The topological polar surface area (TPSA) is 19.9 Å². The Balaban J connectivity index is 3.03. The lowest BCUT2D eigenvalue weighted by atomic mass is 9.91. The molecule has 1 rings (SSSR count). The molecule has 0 spiro atoms. The summed E-state index contributed by atoms with van der Waals surface area (Å²) in [5.74, 6) is 0.169. The summed E-state index contributed by atoms with van der Waals surface area (Å²) in [7, 11) is 0. The summed E-state index contributed by atoms with van der Waals surface area (Å²) in [5, 5.41) is 12.2. The Bertz CT molecular complexity index is 341. The molecule has 0 heterocycles. The Labute approximate surface area is 106 Å². The van der Waals surface area contributed by atoms with Gasteiger partial charge in [-0.2, -0.15) is 0 Å². The van der Waals surface area contributed by atoms with Crippen molar-refractivity contribution in [3.63, 3.8) is 0 Å². The van der Waals surface area contributed by atoms with Crippen molar-refractivity contribution in [2.75, 3.05) is 0 Å². The highest BCUT2D eigenvalue weighted by Gasteiger charge is 2.17. The standard InChI is InChI=1S/C16H25O/c1-5-7-13-9-10-15(16(17)12(3)4)14(11-13)8-6-2/h9-12,16H,5-8H2,1-4H3. The lowest BCUT2D eigenvalue weighted by Gasteiger charge is -2.17. The molecule has 0 amide bonds. The van der Waals surface area contributed by atoms with Crippen LogP contribution in [0.3, 0.4) is 0 Å². The molecule has 1 heteroatoms. The summed E-state index contributed by atoms with van der Waals surface area (Å²) < 4.78 is 0. The summed E-state index contributed by atoms with van der Waals surface area (Å²) in [6.07, 6.45) is 3.83. The third-order valence-corrected chi connectivity index (χ3v) is 3.18. The Hall–Kier alpha value is -0.820. The minimum atomic E-state index is -0.577. The molecule has 0 saturated carbocycles. The van der Waals surface area contributed by atoms with Gasteiger partial charge in [-0.25, -0.2) is 5.11 Å². The highest BCUT2D eigenvalue weighted by atomic mass is 16.3. The maximum atomic E-state index is 12.2. The van der Waals surface area contributed by atoms with Gasteiger partial charge in [0.05, 0.1) is 0 Å². The molecule has 0 bridgehead atoms. The third kappa shape index (κ3) is 3.85. The van der Waals surface area contributed by atoms with Crippen molar-refractivity contribution >= 4 is 0 Å². The first-order chi connectivity index (χ1) is 8.10. The summed E-state index contributed by atoms with van der Waals surface area (Å²) in [6.45, 7) is 8.38. The molecule has 1 atom stereocenters. The van der Waals surface area contributed by atoms with Gasteiger partial charge in [0.25, 0.3) is 0 Å². The van der Waals surface area contributed by atoms with Gasteiger partial charge in [0.1, 0.15) is 6.10 Å². The zero-order chi connectivity index (χ0) is 12.8. The van der Waals surface area contributed by atoms with Crippen molar-refractivity contribution in [1.29, 1.82) is 0 Å². The van der Waals surface area contributed by atoms with Gasteiger partial charge >= 0.3 is 0 Å². The molecule has 0 aliphatic rings. The van der Waals surface area contributed by atoms with Crippen LogP contribution in [0.2, 0.25) is 0 Å². The van der Waals surface area contributed by atoms with Crippen molar-refractivity contribution in [3.05, 3.63) is 34.9 Å². The molecule has 1 radical (unpaired) electrons. The highest BCUT2D eigenvalue weighted by Crippen LogP contribution is 2.27. The normalized spacial score (nSPS) is 13.1. The molecule has 0 N–H and O–H groups in total. The van der Waals surface area contributed by atoms with Crippen molar-refractivity contribution < 1.29 is 5.11 Å². The van der Waals surface area contributed by atoms with Gasteiger partial charge in [-0.3, -0.25) is 0 Å². The largest absolute Gasteiger partial charge is 0.228 e. The van der Waals surface area contributed by atoms with Crippen LogP contribution >= 0.6 is 0 Å². The second-order valence-corrected chi connectivity index (χ2v) is 5.20. The Kier molecular flexibility index (Phi) is 5.70. The van der Waals surface area contributed by atoms with Crippen LogP contribution in [0.15, 0.2) is 18.2 Å². The van der Waals surface area contributed by atoms with Gasteiger partial charge in [-0.15, -0.1) is 0 Å². The zero-order valence-electron chi connectivity index (χ0n) is 11.6. The van der Waals surface area contributed by atoms with Crippen LogP contribution in [0, 0.1) is 5.92 Å². The SMILES string of the molecule is CCCc1ccc(C([O])C(C)C)c(CCC)c1. The van der Waals surface area contributed by atoms with E-state index in [-0.39, 0.29) is 5.92 Å². The molecular formula is C16H25O. The fourth-order valence-electron chi connectivity index (χ4n) is 2.23. The molecule has 0 fully saturated rings. The maximum Gasteiger partial charge on any atom is 0.120 e. The summed E-state index contributed by atoms with van der Waals surface area (Å²) in [5.41, 5.74) is 3.66. The number of hydrogen-bond donors (Lipinski definition) is 0. The quantitative estimate of drug-likeness (QED) is 0.677. The van der Waals surface area contributed by atoms with Gasteiger partial charge in [-0.1, -0.05) is 58.7 Å². The molecule has 1 unspecified atom stereocenters. The molecule has 17 heavy (non-hydrogen) atoms. The fraction of sp³-hybridized carbons (Fsp3) is 0.625. The summed E-state index contributed by atoms with van der Waals surface area (Å²) in [6, 6.07) is 6.44. The van der Waals surface area contributed by atoms with E-state index in [1.165, 1.54) is 11.1 Å². The minimum Gasteiger partial charge on any atom is -0.228 e. The first-order valence-corrected chi connectivity index (χ1v) is 6.87. The molecular weight excluding hydrogens is 208 g/mol. The molecule has 95 valence electrons.